The van der Waals surface area contributed by atoms with E-state index in [-0.39, 0.29) is 6.10 Å². The van der Waals surface area contributed by atoms with Crippen molar-refractivity contribution in [1.82, 2.24) is 0 Å². The second-order valence-corrected chi connectivity index (χ2v) is 4.14. The van der Waals surface area contributed by atoms with Crippen molar-refractivity contribution in [3.05, 3.63) is 29.8 Å². The van der Waals surface area contributed by atoms with Gasteiger partial charge in [-0.2, -0.15) is 0 Å². The van der Waals surface area contributed by atoms with Crippen LogP contribution in [0.25, 0.3) is 0 Å². The lowest BCUT2D eigenvalue weighted by molar-refractivity contribution is 0.142. The van der Waals surface area contributed by atoms with Crippen LogP contribution in [0.3, 0.4) is 0 Å². The molecule has 0 amide bonds. The van der Waals surface area contributed by atoms with Gasteiger partial charge in [-0.05, 0) is 43.2 Å². The van der Waals surface area contributed by atoms with E-state index in [4.69, 9.17) is 5.73 Å². The summed E-state index contributed by atoms with van der Waals surface area (Å²) in [4.78, 5) is 0. The van der Waals surface area contributed by atoms with E-state index in [1.54, 1.807) is 0 Å². The molecule has 0 bridgehead atoms. The highest BCUT2D eigenvalue weighted by Crippen LogP contribution is 2.34. The average Bonchev–Trinajstić information content (AvgIpc) is 2.99. The lowest BCUT2D eigenvalue weighted by Crippen LogP contribution is -2.10. The van der Waals surface area contributed by atoms with Gasteiger partial charge in [-0.1, -0.05) is 18.2 Å². The highest BCUT2D eigenvalue weighted by molar-refractivity contribution is 5.46. The number of anilines is 1. The summed E-state index contributed by atoms with van der Waals surface area (Å²) >= 11 is 0. The zero-order valence-corrected chi connectivity index (χ0v) is 8.32. The Morgan fingerprint density at radius 3 is 2.71 bits per heavy atom. The van der Waals surface area contributed by atoms with Crippen LogP contribution in [-0.4, -0.2) is 11.2 Å². The van der Waals surface area contributed by atoms with Crippen LogP contribution in [0.1, 0.15) is 24.8 Å². The number of aliphatic hydroxyl groups excluding tert-OH is 1. The predicted octanol–water partition coefficient (Wildman–Crippen LogP) is 1.97. The lowest BCUT2D eigenvalue weighted by atomic mass is 10.0. The molecule has 1 unspecified atom stereocenters. The SMILES string of the molecule is Nc1ccccc1CCC(O)C1CC1. The molecule has 1 atom stereocenters. The van der Waals surface area contributed by atoms with Crippen molar-refractivity contribution in [2.24, 2.45) is 5.92 Å². The molecule has 0 radical (unpaired) electrons. The van der Waals surface area contributed by atoms with E-state index in [1.807, 2.05) is 24.3 Å². The molecule has 2 heteroatoms. The Morgan fingerprint density at radius 2 is 2.07 bits per heavy atom. The molecule has 0 spiro atoms. The average molecular weight is 191 g/mol. The molecule has 1 saturated carbocycles. The van der Waals surface area contributed by atoms with Gasteiger partial charge in [0.1, 0.15) is 0 Å². The van der Waals surface area contributed by atoms with E-state index in [0.717, 1.165) is 24.1 Å². The number of nitrogens with two attached hydrogens (primary N) is 1. The minimum Gasteiger partial charge on any atom is -0.399 e. The number of aliphatic hydroxyl groups is 1. The zero-order chi connectivity index (χ0) is 9.97. The Labute approximate surface area is 84.7 Å². The van der Waals surface area contributed by atoms with Crippen LogP contribution < -0.4 is 5.73 Å². The highest BCUT2D eigenvalue weighted by atomic mass is 16.3. The molecule has 3 N–H and O–H groups in total. The number of rotatable bonds is 4. The maximum absolute atomic E-state index is 9.70. The molecule has 0 aromatic heterocycles. The maximum Gasteiger partial charge on any atom is 0.0571 e. The summed E-state index contributed by atoms with van der Waals surface area (Å²) < 4.78 is 0. The van der Waals surface area contributed by atoms with Crippen molar-refractivity contribution in [3.8, 4) is 0 Å². The molecule has 0 aliphatic heterocycles. The molecule has 0 heterocycles. The minimum atomic E-state index is -0.116. The van der Waals surface area contributed by atoms with Crippen LogP contribution >= 0.6 is 0 Å². The van der Waals surface area contributed by atoms with Crippen molar-refractivity contribution >= 4 is 5.69 Å². The fourth-order valence-corrected chi connectivity index (χ4v) is 1.78. The number of nitrogen functional groups attached to an aromatic ring is 1. The minimum absolute atomic E-state index is 0.116. The van der Waals surface area contributed by atoms with E-state index in [2.05, 4.69) is 0 Å². The summed E-state index contributed by atoms with van der Waals surface area (Å²) in [6.45, 7) is 0. The van der Waals surface area contributed by atoms with Crippen LogP contribution in [0.2, 0.25) is 0 Å². The number of benzene rings is 1. The van der Waals surface area contributed by atoms with Crippen LogP contribution in [0.4, 0.5) is 5.69 Å². The summed E-state index contributed by atoms with van der Waals surface area (Å²) in [5.41, 5.74) is 7.82. The van der Waals surface area contributed by atoms with Crippen molar-refractivity contribution in [3.63, 3.8) is 0 Å². The van der Waals surface area contributed by atoms with Gasteiger partial charge in [0.15, 0.2) is 0 Å². The van der Waals surface area contributed by atoms with Crippen LogP contribution in [0.15, 0.2) is 24.3 Å². The Bertz CT molecular complexity index is 307. The molecule has 1 aromatic carbocycles. The zero-order valence-electron chi connectivity index (χ0n) is 8.32. The molecular formula is C12H17NO. The van der Waals surface area contributed by atoms with Crippen LogP contribution in [0, 0.1) is 5.92 Å². The molecule has 1 aromatic rings. The van der Waals surface area contributed by atoms with E-state index in [9.17, 15) is 5.11 Å². The molecule has 76 valence electrons. The molecule has 1 fully saturated rings. The molecule has 0 saturated heterocycles. The van der Waals surface area contributed by atoms with Gasteiger partial charge in [0.2, 0.25) is 0 Å². The summed E-state index contributed by atoms with van der Waals surface area (Å²) in [6.07, 6.45) is 4.02. The molecule has 1 aliphatic carbocycles. The highest BCUT2D eigenvalue weighted by Gasteiger charge is 2.29. The first kappa shape index (κ1) is 9.53. The van der Waals surface area contributed by atoms with E-state index < -0.39 is 0 Å². The Morgan fingerprint density at radius 1 is 1.36 bits per heavy atom. The molecular weight excluding hydrogens is 174 g/mol. The second-order valence-electron chi connectivity index (χ2n) is 4.14. The third-order valence-corrected chi connectivity index (χ3v) is 2.93. The Hall–Kier alpha value is -1.02. The monoisotopic (exact) mass is 191 g/mol. The quantitative estimate of drug-likeness (QED) is 0.715. The van der Waals surface area contributed by atoms with Gasteiger partial charge >= 0.3 is 0 Å². The van der Waals surface area contributed by atoms with Gasteiger partial charge in [-0.3, -0.25) is 0 Å². The first-order chi connectivity index (χ1) is 6.77. The van der Waals surface area contributed by atoms with Gasteiger partial charge in [0, 0.05) is 5.69 Å². The maximum atomic E-state index is 9.70. The molecule has 2 nitrogen and oxygen atoms in total. The number of hydrogen-bond donors (Lipinski definition) is 2. The van der Waals surface area contributed by atoms with Crippen LogP contribution in [0.5, 0.6) is 0 Å². The normalized spacial score (nSPS) is 18.1. The second kappa shape index (κ2) is 4.01. The summed E-state index contributed by atoms with van der Waals surface area (Å²) in [7, 11) is 0. The molecule has 14 heavy (non-hydrogen) atoms. The fourth-order valence-electron chi connectivity index (χ4n) is 1.78. The third kappa shape index (κ3) is 2.26. The topological polar surface area (TPSA) is 46.2 Å². The van der Waals surface area contributed by atoms with E-state index >= 15 is 0 Å². The summed E-state index contributed by atoms with van der Waals surface area (Å²) in [5.74, 6) is 0.569. The van der Waals surface area contributed by atoms with Crippen molar-refractivity contribution in [2.75, 3.05) is 5.73 Å². The van der Waals surface area contributed by atoms with Gasteiger partial charge in [0.25, 0.3) is 0 Å². The van der Waals surface area contributed by atoms with Gasteiger partial charge in [-0.15, -0.1) is 0 Å². The van der Waals surface area contributed by atoms with E-state index in [1.165, 1.54) is 12.8 Å². The standard InChI is InChI=1S/C12H17NO/c13-11-4-2-1-3-9(11)7-8-12(14)10-5-6-10/h1-4,10,12,14H,5-8,13H2. The Balaban J connectivity index is 1.87. The van der Waals surface area contributed by atoms with Crippen molar-refractivity contribution < 1.29 is 5.11 Å². The smallest absolute Gasteiger partial charge is 0.0571 e. The first-order valence-electron chi connectivity index (χ1n) is 5.29. The summed E-state index contributed by atoms with van der Waals surface area (Å²) in [6, 6.07) is 7.89. The predicted molar refractivity (Wildman–Crippen MR) is 57.9 cm³/mol. The number of hydrogen-bond acceptors (Lipinski definition) is 2. The summed E-state index contributed by atoms with van der Waals surface area (Å²) in [5, 5.41) is 9.70. The Kier molecular flexibility index (Phi) is 2.73. The van der Waals surface area contributed by atoms with Gasteiger partial charge in [-0.25, -0.2) is 0 Å². The van der Waals surface area contributed by atoms with E-state index in [0.29, 0.717) is 5.92 Å². The largest absolute Gasteiger partial charge is 0.399 e. The molecule has 2 rings (SSSR count). The number of aryl methyl sites for hydroxylation is 1. The van der Waals surface area contributed by atoms with Crippen molar-refractivity contribution in [1.29, 1.82) is 0 Å². The van der Waals surface area contributed by atoms with Gasteiger partial charge in [0.05, 0.1) is 6.10 Å². The van der Waals surface area contributed by atoms with Gasteiger partial charge < -0.3 is 10.8 Å². The molecule has 1 aliphatic rings. The number of para-hydroxylation sites is 1. The third-order valence-electron chi connectivity index (χ3n) is 2.93. The first-order valence-corrected chi connectivity index (χ1v) is 5.29. The van der Waals surface area contributed by atoms with Crippen LogP contribution in [-0.2, 0) is 6.42 Å². The fraction of sp³-hybridized carbons (Fsp3) is 0.500. The van der Waals surface area contributed by atoms with Crippen molar-refractivity contribution in [2.45, 2.75) is 31.8 Å². The lowest BCUT2D eigenvalue weighted by Gasteiger charge is -2.09.